The van der Waals surface area contributed by atoms with Crippen molar-refractivity contribution < 1.29 is 4.79 Å². The molecule has 0 N–H and O–H groups in total. The summed E-state index contributed by atoms with van der Waals surface area (Å²) in [6.07, 6.45) is 31.9. The summed E-state index contributed by atoms with van der Waals surface area (Å²) >= 11 is 3.80. The Labute approximate surface area is 209 Å². The molecule has 1 amide bonds. The molecule has 2 aliphatic carbocycles. The standard InChI is InChI=1S/C28H53NOS2/c1-2-3-4-5-6-7-8-9-10-11-12-13-20-25-28(30)29(31-26-21-16-14-17-22-26)32-27-23-18-15-19-24-27/h26-27H,2-25H2,1H3. The number of carbonyl (C=O) groups is 1. The minimum atomic E-state index is 0.402. The van der Waals surface area contributed by atoms with Gasteiger partial charge in [0.05, 0.1) is 0 Å². The summed E-state index contributed by atoms with van der Waals surface area (Å²) in [4.78, 5) is 13.1. The topological polar surface area (TPSA) is 20.3 Å². The van der Waals surface area contributed by atoms with E-state index >= 15 is 0 Å². The summed E-state index contributed by atoms with van der Waals surface area (Å²) in [7, 11) is 0. The summed E-state index contributed by atoms with van der Waals surface area (Å²) in [6, 6.07) is 0. The second-order valence-electron chi connectivity index (χ2n) is 10.4. The maximum atomic E-state index is 13.1. The third-order valence-electron chi connectivity index (χ3n) is 7.29. The fourth-order valence-corrected chi connectivity index (χ4v) is 8.12. The van der Waals surface area contributed by atoms with E-state index in [1.165, 1.54) is 141 Å². The molecule has 2 rings (SSSR count). The molecule has 0 heterocycles. The van der Waals surface area contributed by atoms with Crippen LogP contribution in [-0.4, -0.2) is 20.1 Å². The lowest BCUT2D eigenvalue weighted by molar-refractivity contribution is -0.122. The molecule has 0 bridgehead atoms. The highest BCUT2D eigenvalue weighted by Crippen LogP contribution is 2.39. The highest BCUT2D eigenvalue weighted by molar-refractivity contribution is 8.13. The van der Waals surface area contributed by atoms with Crippen LogP contribution in [0.5, 0.6) is 0 Å². The second kappa shape index (κ2) is 19.5. The third kappa shape index (κ3) is 13.8. The highest BCUT2D eigenvalue weighted by Gasteiger charge is 2.26. The zero-order valence-corrected chi connectivity index (χ0v) is 22.9. The number of unbranched alkanes of at least 4 members (excludes halogenated alkanes) is 12. The van der Waals surface area contributed by atoms with Gasteiger partial charge in [0, 0.05) is 16.9 Å². The van der Waals surface area contributed by atoms with Gasteiger partial charge in [-0.3, -0.25) is 4.79 Å². The van der Waals surface area contributed by atoms with Gasteiger partial charge in [-0.05, 0) is 56.0 Å². The second-order valence-corrected chi connectivity index (χ2v) is 13.1. The first-order valence-corrected chi connectivity index (χ1v) is 16.1. The van der Waals surface area contributed by atoms with Crippen molar-refractivity contribution in [2.45, 2.75) is 172 Å². The highest BCUT2D eigenvalue weighted by atomic mass is 32.2. The lowest BCUT2D eigenvalue weighted by atomic mass is 10.0. The predicted octanol–water partition coefficient (Wildman–Crippen LogP) is 10.3. The van der Waals surface area contributed by atoms with Crippen molar-refractivity contribution in [3.05, 3.63) is 0 Å². The Hall–Kier alpha value is 0.170. The monoisotopic (exact) mass is 483 g/mol. The van der Waals surface area contributed by atoms with Crippen LogP contribution in [-0.2, 0) is 4.79 Å². The van der Waals surface area contributed by atoms with Crippen molar-refractivity contribution in [2.24, 2.45) is 0 Å². The minimum Gasteiger partial charge on any atom is -0.273 e. The average molecular weight is 484 g/mol. The van der Waals surface area contributed by atoms with Crippen LogP contribution in [0, 0.1) is 0 Å². The van der Waals surface area contributed by atoms with Crippen LogP contribution < -0.4 is 0 Å². The maximum absolute atomic E-state index is 13.1. The summed E-state index contributed by atoms with van der Waals surface area (Å²) in [5, 5.41) is 1.35. The Balaban J connectivity index is 1.53. The number of rotatable bonds is 18. The zero-order chi connectivity index (χ0) is 22.7. The zero-order valence-electron chi connectivity index (χ0n) is 21.3. The van der Waals surface area contributed by atoms with Crippen LogP contribution in [0.1, 0.15) is 161 Å². The van der Waals surface area contributed by atoms with Gasteiger partial charge >= 0.3 is 0 Å². The number of hydrogen-bond donors (Lipinski definition) is 0. The summed E-state index contributed by atoms with van der Waals surface area (Å²) < 4.78 is 2.16. The molecule has 0 radical (unpaired) electrons. The first-order chi connectivity index (χ1) is 15.8. The number of carbonyl (C=O) groups excluding carboxylic acids is 1. The van der Waals surface area contributed by atoms with Crippen LogP contribution in [0.2, 0.25) is 0 Å². The van der Waals surface area contributed by atoms with Crippen LogP contribution >= 0.6 is 23.9 Å². The summed E-state index contributed by atoms with van der Waals surface area (Å²) in [6.45, 7) is 2.29. The Morgan fingerprint density at radius 1 is 0.594 bits per heavy atom. The molecule has 0 atom stereocenters. The molecule has 2 fully saturated rings. The number of nitrogens with zero attached hydrogens (tertiary/aromatic N) is 1. The van der Waals surface area contributed by atoms with Gasteiger partial charge in [-0.15, -0.1) is 0 Å². The molecule has 0 aromatic carbocycles. The minimum absolute atomic E-state index is 0.402. The van der Waals surface area contributed by atoms with Gasteiger partial charge in [0.25, 0.3) is 0 Å². The van der Waals surface area contributed by atoms with E-state index in [0.29, 0.717) is 16.4 Å². The molecule has 32 heavy (non-hydrogen) atoms. The predicted molar refractivity (Wildman–Crippen MR) is 146 cm³/mol. The lowest BCUT2D eigenvalue weighted by Gasteiger charge is -2.31. The van der Waals surface area contributed by atoms with E-state index < -0.39 is 0 Å². The van der Waals surface area contributed by atoms with E-state index in [9.17, 15) is 4.79 Å². The Kier molecular flexibility index (Phi) is 17.3. The first kappa shape index (κ1) is 28.4. The van der Waals surface area contributed by atoms with E-state index in [-0.39, 0.29) is 0 Å². The van der Waals surface area contributed by atoms with Crippen molar-refractivity contribution in [1.29, 1.82) is 0 Å². The number of hydrogen-bond acceptors (Lipinski definition) is 3. The molecule has 0 unspecified atom stereocenters. The Morgan fingerprint density at radius 3 is 1.38 bits per heavy atom. The Morgan fingerprint density at radius 2 is 0.969 bits per heavy atom. The molecule has 0 saturated heterocycles. The molecule has 4 heteroatoms. The first-order valence-electron chi connectivity index (χ1n) is 14.5. The van der Waals surface area contributed by atoms with Gasteiger partial charge < -0.3 is 0 Å². The smallest absolute Gasteiger partial charge is 0.242 e. The molecule has 0 aromatic heterocycles. The van der Waals surface area contributed by atoms with E-state index in [0.717, 1.165) is 12.8 Å². The molecule has 0 spiro atoms. The van der Waals surface area contributed by atoms with E-state index in [1.54, 1.807) is 0 Å². The molecule has 188 valence electrons. The van der Waals surface area contributed by atoms with Crippen molar-refractivity contribution in [2.75, 3.05) is 0 Å². The van der Waals surface area contributed by atoms with Crippen LogP contribution in [0.4, 0.5) is 0 Å². The summed E-state index contributed by atoms with van der Waals surface area (Å²) in [5.41, 5.74) is 0. The van der Waals surface area contributed by atoms with Gasteiger partial charge in [0.15, 0.2) is 0 Å². The molecule has 0 aliphatic heterocycles. The van der Waals surface area contributed by atoms with Crippen molar-refractivity contribution in [1.82, 2.24) is 3.71 Å². The molecule has 0 aromatic rings. The van der Waals surface area contributed by atoms with Gasteiger partial charge in [0.2, 0.25) is 5.91 Å². The third-order valence-corrected chi connectivity index (χ3v) is 10.1. The van der Waals surface area contributed by atoms with Gasteiger partial charge in [-0.2, -0.15) is 0 Å². The Bertz CT molecular complexity index is 427. The fraction of sp³-hybridized carbons (Fsp3) is 0.964. The maximum Gasteiger partial charge on any atom is 0.242 e. The quantitative estimate of drug-likeness (QED) is 0.143. The van der Waals surface area contributed by atoms with Gasteiger partial charge in [0.1, 0.15) is 0 Å². The molecule has 2 nitrogen and oxygen atoms in total. The normalized spacial score (nSPS) is 18.2. The molecular formula is C28H53NOS2. The van der Waals surface area contributed by atoms with Gasteiger partial charge in [-0.25, -0.2) is 3.71 Å². The van der Waals surface area contributed by atoms with Crippen LogP contribution in [0.3, 0.4) is 0 Å². The fourth-order valence-electron chi connectivity index (χ4n) is 5.14. The molecule has 2 aliphatic rings. The van der Waals surface area contributed by atoms with Crippen LogP contribution in [0.25, 0.3) is 0 Å². The van der Waals surface area contributed by atoms with E-state index in [1.807, 2.05) is 23.9 Å². The van der Waals surface area contributed by atoms with Crippen molar-refractivity contribution in [3.8, 4) is 0 Å². The molecular weight excluding hydrogens is 430 g/mol. The SMILES string of the molecule is CCCCCCCCCCCCCCCC(=O)N(SC1CCCCC1)SC1CCCCC1. The largest absolute Gasteiger partial charge is 0.273 e. The van der Waals surface area contributed by atoms with Gasteiger partial charge in [-0.1, -0.05) is 122 Å². The molecule has 2 saturated carbocycles. The van der Waals surface area contributed by atoms with E-state index in [2.05, 4.69) is 10.6 Å². The van der Waals surface area contributed by atoms with Crippen molar-refractivity contribution >= 4 is 29.8 Å². The van der Waals surface area contributed by atoms with E-state index in [4.69, 9.17) is 0 Å². The average Bonchev–Trinajstić information content (AvgIpc) is 2.83. The number of amides is 1. The van der Waals surface area contributed by atoms with Crippen molar-refractivity contribution in [3.63, 3.8) is 0 Å². The van der Waals surface area contributed by atoms with Crippen LogP contribution in [0.15, 0.2) is 0 Å². The lowest BCUT2D eigenvalue weighted by Crippen LogP contribution is -2.25. The summed E-state index contributed by atoms with van der Waals surface area (Å²) in [5.74, 6) is 0.402.